The molecule has 2 aromatic heterocycles. The molecule has 1 aromatic carbocycles. The average Bonchev–Trinajstić information content (AvgIpc) is 2.75. The van der Waals surface area contributed by atoms with Gasteiger partial charge in [-0.15, -0.1) is 0 Å². The van der Waals surface area contributed by atoms with Gasteiger partial charge < -0.3 is 5.73 Å². The van der Waals surface area contributed by atoms with Crippen LogP contribution in [0.3, 0.4) is 0 Å². The van der Waals surface area contributed by atoms with Crippen molar-refractivity contribution in [3.8, 4) is 0 Å². The Bertz CT molecular complexity index is 660. The maximum absolute atomic E-state index is 5.65. The molecule has 0 radical (unpaired) electrons. The van der Waals surface area contributed by atoms with Crippen molar-refractivity contribution in [1.29, 1.82) is 0 Å². The third-order valence-electron chi connectivity index (χ3n) is 2.19. The number of benzene rings is 1. The lowest BCUT2D eigenvalue weighted by atomic mass is 10.2. The van der Waals surface area contributed by atoms with Crippen molar-refractivity contribution in [2.24, 2.45) is 0 Å². The molecule has 0 spiro atoms. The van der Waals surface area contributed by atoms with Crippen LogP contribution in [-0.2, 0) is 0 Å². The predicted octanol–water partition coefficient (Wildman–Crippen LogP) is 2.82. The second kappa shape index (κ2) is 4.31. The van der Waals surface area contributed by atoms with Gasteiger partial charge in [-0.1, -0.05) is 29.5 Å². The summed E-state index contributed by atoms with van der Waals surface area (Å²) in [6.45, 7) is 0. The number of rotatable bonds is 2. The SMILES string of the molecule is Nc1cnc(Sc2ncnc3ccccc23)s1. The van der Waals surface area contributed by atoms with Gasteiger partial charge in [-0.25, -0.2) is 15.0 Å². The highest BCUT2D eigenvalue weighted by molar-refractivity contribution is 8.01. The lowest BCUT2D eigenvalue weighted by Gasteiger charge is -2.01. The molecule has 0 unspecified atom stereocenters. The van der Waals surface area contributed by atoms with Crippen LogP contribution in [0.25, 0.3) is 10.9 Å². The highest BCUT2D eigenvalue weighted by Crippen LogP contribution is 2.33. The van der Waals surface area contributed by atoms with Crippen LogP contribution in [0.4, 0.5) is 5.00 Å². The molecule has 0 fully saturated rings. The molecule has 0 aliphatic carbocycles. The summed E-state index contributed by atoms with van der Waals surface area (Å²) in [6.07, 6.45) is 3.23. The van der Waals surface area contributed by atoms with E-state index in [0.29, 0.717) is 5.00 Å². The normalized spacial score (nSPS) is 10.8. The van der Waals surface area contributed by atoms with Crippen LogP contribution >= 0.6 is 23.1 Å². The van der Waals surface area contributed by atoms with Crippen LogP contribution in [0, 0.1) is 0 Å². The zero-order chi connectivity index (χ0) is 11.7. The Labute approximate surface area is 106 Å². The number of aromatic nitrogens is 3. The summed E-state index contributed by atoms with van der Waals surface area (Å²) >= 11 is 2.97. The molecule has 4 nitrogen and oxygen atoms in total. The van der Waals surface area contributed by atoms with Crippen LogP contribution in [-0.4, -0.2) is 15.0 Å². The van der Waals surface area contributed by atoms with E-state index in [-0.39, 0.29) is 0 Å². The summed E-state index contributed by atoms with van der Waals surface area (Å²) < 4.78 is 0.895. The zero-order valence-electron chi connectivity index (χ0n) is 8.70. The number of para-hydroxylation sites is 1. The van der Waals surface area contributed by atoms with Crippen molar-refractivity contribution in [1.82, 2.24) is 15.0 Å². The minimum atomic E-state index is 0.714. The Balaban J connectivity index is 2.05. The van der Waals surface area contributed by atoms with Crippen LogP contribution < -0.4 is 5.73 Å². The first kappa shape index (κ1) is 10.5. The Kier molecular flexibility index (Phi) is 2.66. The minimum absolute atomic E-state index is 0.714. The molecule has 0 aliphatic heterocycles. The lowest BCUT2D eigenvalue weighted by molar-refractivity contribution is 1.10. The molecule has 0 atom stereocenters. The van der Waals surface area contributed by atoms with Gasteiger partial charge in [0.05, 0.1) is 11.7 Å². The van der Waals surface area contributed by atoms with Gasteiger partial charge >= 0.3 is 0 Å². The maximum atomic E-state index is 5.65. The summed E-state index contributed by atoms with van der Waals surface area (Å²) in [5.74, 6) is 0. The van der Waals surface area contributed by atoms with E-state index in [9.17, 15) is 0 Å². The van der Waals surface area contributed by atoms with Crippen molar-refractivity contribution < 1.29 is 0 Å². The maximum Gasteiger partial charge on any atom is 0.158 e. The van der Waals surface area contributed by atoms with Crippen molar-refractivity contribution in [2.75, 3.05) is 5.73 Å². The molecule has 2 N–H and O–H groups in total. The third kappa shape index (κ3) is 2.09. The lowest BCUT2D eigenvalue weighted by Crippen LogP contribution is -1.85. The minimum Gasteiger partial charge on any atom is -0.389 e. The summed E-state index contributed by atoms with van der Waals surface area (Å²) in [4.78, 5) is 12.7. The van der Waals surface area contributed by atoms with Gasteiger partial charge in [-0.2, -0.15) is 0 Å². The number of hydrogen-bond acceptors (Lipinski definition) is 6. The molecule has 2 heterocycles. The van der Waals surface area contributed by atoms with E-state index in [1.54, 1.807) is 12.5 Å². The van der Waals surface area contributed by atoms with E-state index in [1.165, 1.54) is 23.1 Å². The molecular formula is C11H8N4S2. The second-order valence-corrected chi connectivity index (χ2v) is 5.62. The van der Waals surface area contributed by atoms with Gasteiger partial charge in [-0.05, 0) is 17.8 Å². The molecule has 0 aliphatic rings. The molecule has 0 saturated carbocycles. The fourth-order valence-corrected chi connectivity index (χ4v) is 3.22. The first-order chi connectivity index (χ1) is 8.33. The number of hydrogen-bond donors (Lipinski definition) is 1. The molecule has 84 valence electrons. The monoisotopic (exact) mass is 260 g/mol. The van der Waals surface area contributed by atoms with Crippen molar-refractivity contribution in [2.45, 2.75) is 9.37 Å². The van der Waals surface area contributed by atoms with Gasteiger partial charge in [0.1, 0.15) is 16.4 Å². The van der Waals surface area contributed by atoms with Gasteiger partial charge in [0, 0.05) is 5.39 Å². The Hall–Kier alpha value is -1.66. The number of fused-ring (bicyclic) bond motifs is 1. The summed E-state index contributed by atoms with van der Waals surface area (Å²) in [6, 6.07) is 7.92. The molecule has 3 rings (SSSR count). The Morgan fingerprint density at radius 2 is 2.00 bits per heavy atom. The zero-order valence-corrected chi connectivity index (χ0v) is 10.3. The standard InChI is InChI=1S/C11H8N4S2/c12-9-5-13-11(16-9)17-10-7-3-1-2-4-8(7)14-6-15-10/h1-6H,12H2. The summed E-state index contributed by atoms with van der Waals surface area (Å²) in [7, 11) is 0. The fraction of sp³-hybridized carbons (Fsp3) is 0. The van der Waals surface area contributed by atoms with Gasteiger partial charge in [-0.3, -0.25) is 0 Å². The van der Waals surface area contributed by atoms with Crippen molar-refractivity contribution in [3.63, 3.8) is 0 Å². The third-order valence-corrected chi connectivity index (χ3v) is 4.11. The van der Waals surface area contributed by atoms with Crippen LogP contribution in [0.15, 0.2) is 46.2 Å². The van der Waals surface area contributed by atoms with Crippen molar-refractivity contribution in [3.05, 3.63) is 36.8 Å². The summed E-state index contributed by atoms with van der Waals surface area (Å²) in [5, 5.41) is 2.66. The second-order valence-electron chi connectivity index (χ2n) is 3.33. The van der Waals surface area contributed by atoms with E-state index in [1.807, 2.05) is 24.3 Å². The smallest absolute Gasteiger partial charge is 0.158 e. The largest absolute Gasteiger partial charge is 0.389 e. The highest BCUT2D eigenvalue weighted by atomic mass is 32.2. The van der Waals surface area contributed by atoms with Crippen LogP contribution in [0.5, 0.6) is 0 Å². The Morgan fingerprint density at radius 1 is 1.12 bits per heavy atom. The van der Waals surface area contributed by atoms with Gasteiger partial charge in [0.25, 0.3) is 0 Å². The van der Waals surface area contributed by atoms with Crippen LogP contribution in [0.2, 0.25) is 0 Å². The number of thiazole rings is 1. The van der Waals surface area contributed by atoms with E-state index in [2.05, 4.69) is 15.0 Å². The Morgan fingerprint density at radius 3 is 2.82 bits per heavy atom. The van der Waals surface area contributed by atoms with E-state index in [0.717, 1.165) is 20.3 Å². The van der Waals surface area contributed by atoms with Crippen molar-refractivity contribution >= 4 is 39.0 Å². The van der Waals surface area contributed by atoms with E-state index in [4.69, 9.17) is 5.73 Å². The topological polar surface area (TPSA) is 64.7 Å². The molecule has 0 saturated heterocycles. The molecular weight excluding hydrogens is 252 g/mol. The molecule has 0 bridgehead atoms. The average molecular weight is 260 g/mol. The van der Waals surface area contributed by atoms with Gasteiger partial charge in [0.15, 0.2) is 4.34 Å². The summed E-state index contributed by atoms with van der Waals surface area (Å²) in [5.41, 5.74) is 6.59. The first-order valence-electron chi connectivity index (χ1n) is 4.92. The molecule has 3 aromatic rings. The van der Waals surface area contributed by atoms with Crippen LogP contribution in [0.1, 0.15) is 0 Å². The first-order valence-corrected chi connectivity index (χ1v) is 6.55. The quantitative estimate of drug-likeness (QED) is 0.718. The number of nitrogens with two attached hydrogens (primary N) is 1. The number of nitrogens with zero attached hydrogens (tertiary/aromatic N) is 3. The molecule has 0 amide bonds. The predicted molar refractivity (Wildman–Crippen MR) is 70.2 cm³/mol. The fourth-order valence-electron chi connectivity index (χ4n) is 1.46. The highest BCUT2D eigenvalue weighted by Gasteiger charge is 2.07. The van der Waals surface area contributed by atoms with E-state index < -0.39 is 0 Å². The van der Waals surface area contributed by atoms with E-state index >= 15 is 0 Å². The number of anilines is 1. The number of nitrogen functional groups attached to an aromatic ring is 1. The van der Waals surface area contributed by atoms with Gasteiger partial charge in [0.2, 0.25) is 0 Å². The molecule has 6 heteroatoms. The molecule has 17 heavy (non-hydrogen) atoms.